The van der Waals surface area contributed by atoms with E-state index in [2.05, 4.69) is 25.5 Å². The molecule has 0 radical (unpaired) electrons. The Hall–Kier alpha value is -2.83. The second-order valence-electron chi connectivity index (χ2n) is 7.26. The van der Waals surface area contributed by atoms with Gasteiger partial charge in [0.05, 0.1) is 23.4 Å². The van der Waals surface area contributed by atoms with E-state index in [1.165, 1.54) is 22.0 Å². The molecule has 0 bridgehead atoms. The van der Waals surface area contributed by atoms with Crippen molar-refractivity contribution in [3.05, 3.63) is 53.8 Å². The quantitative estimate of drug-likeness (QED) is 0.350. The summed E-state index contributed by atoms with van der Waals surface area (Å²) in [7, 11) is -2.02. The van der Waals surface area contributed by atoms with Crippen LogP contribution in [0.3, 0.4) is 0 Å². The highest BCUT2D eigenvalue weighted by Crippen LogP contribution is 2.34. The van der Waals surface area contributed by atoms with Crippen LogP contribution in [0.15, 0.2) is 57.3 Å². The van der Waals surface area contributed by atoms with Crippen LogP contribution < -0.4 is 9.62 Å². The van der Waals surface area contributed by atoms with Crippen LogP contribution in [0, 0.1) is 0 Å². The SMILES string of the molecule is CN(c1cccc2cc(C3=NCC(CCNc4ncn[nH]4)S3)[nH]c12)S(=O)(=O)c1cccs1. The first-order valence-electron chi connectivity index (χ1n) is 9.97. The lowest BCUT2D eigenvalue weighted by atomic mass is 10.2. The topological polar surface area (TPSA) is 119 Å². The number of aromatic nitrogens is 4. The smallest absolute Gasteiger partial charge is 0.273 e. The Morgan fingerprint density at radius 3 is 2.97 bits per heavy atom. The van der Waals surface area contributed by atoms with E-state index in [4.69, 9.17) is 4.99 Å². The Balaban J connectivity index is 1.32. The van der Waals surface area contributed by atoms with Crippen molar-refractivity contribution in [3.63, 3.8) is 0 Å². The molecule has 0 saturated carbocycles. The summed E-state index contributed by atoms with van der Waals surface area (Å²) >= 11 is 2.95. The molecule has 5 rings (SSSR count). The molecule has 3 aromatic heterocycles. The number of hydrogen-bond donors (Lipinski definition) is 3. The molecule has 1 aliphatic rings. The number of hydrogen-bond acceptors (Lipinski definition) is 8. The molecule has 9 nitrogen and oxygen atoms in total. The molecule has 1 atom stereocenters. The average molecular weight is 488 g/mol. The molecule has 0 amide bonds. The van der Waals surface area contributed by atoms with Crippen molar-refractivity contribution in [1.29, 1.82) is 0 Å². The average Bonchev–Trinajstić information content (AvgIpc) is 3.59. The minimum Gasteiger partial charge on any atom is -0.355 e. The lowest BCUT2D eigenvalue weighted by Crippen LogP contribution is -2.26. The number of H-pyrrole nitrogens is 2. The standard InChI is InChI=1S/C20H21N7O2S3/c1-27(32(28,29)17-6-3-9-30-17)16-5-2-4-13-10-15(25-18(13)16)19-22-11-14(31-19)7-8-21-20-23-12-24-26-20/h2-6,9-10,12,14,25H,7-8,11H2,1H3,(H2,21,23,24,26). The number of nitrogens with one attached hydrogen (secondary N) is 3. The number of sulfonamides is 1. The number of thiophene rings is 1. The highest BCUT2D eigenvalue weighted by molar-refractivity contribution is 8.15. The Morgan fingerprint density at radius 2 is 2.19 bits per heavy atom. The number of anilines is 2. The van der Waals surface area contributed by atoms with E-state index in [1.807, 2.05) is 24.3 Å². The van der Waals surface area contributed by atoms with Gasteiger partial charge in [-0.15, -0.1) is 11.3 Å². The maximum Gasteiger partial charge on any atom is 0.273 e. The predicted octanol–water partition coefficient (Wildman–Crippen LogP) is 3.54. The maximum atomic E-state index is 13.0. The Kier molecular flexibility index (Phi) is 5.66. The van der Waals surface area contributed by atoms with Gasteiger partial charge >= 0.3 is 0 Å². The van der Waals surface area contributed by atoms with Gasteiger partial charge in [-0.2, -0.15) is 5.10 Å². The Labute approximate surface area is 193 Å². The third-order valence-corrected chi connectivity index (χ3v) is 9.64. The first kappa shape index (κ1) is 21.0. The molecular weight excluding hydrogens is 466 g/mol. The van der Waals surface area contributed by atoms with Gasteiger partial charge in [-0.05, 0) is 30.0 Å². The summed E-state index contributed by atoms with van der Waals surface area (Å²) < 4.78 is 27.7. The molecule has 32 heavy (non-hydrogen) atoms. The number of aliphatic imine (C=N–C) groups is 1. The van der Waals surface area contributed by atoms with Gasteiger partial charge in [0.1, 0.15) is 15.6 Å². The van der Waals surface area contributed by atoms with Gasteiger partial charge in [0.25, 0.3) is 10.0 Å². The number of nitrogens with zero attached hydrogens (tertiary/aromatic N) is 4. The molecule has 4 aromatic rings. The number of benzene rings is 1. The van der Waals surface area contributed by atoms with Crippen LogP contribution >= 0.6 is 23.1 Å². The molecule has 0 aliphatic carbocycles. The summed E-state index contributed by atoms with van der Waals surface area (Å²) in [5.41, 5.74) is 2.30. The lowest BCUT2D eigenvalue weighted by molar-refractivity contribution is 0.596. The van der Waals surface area contributed by atoms with Crippen LogP contribution in [-0.2, 0) is 10.0 Å². The molecule has 3 N–H and O–H groups in total. The van der Waals surface area contributed by atoms with Gasteiger partial charge in [-0.1, -0.05) is 30.0 Å². The van der Waals surface area contributed by atoms with Crippen LogP contribution in [0.25, 0.3) is 10.9 Å². The van der Waals surface area contributed by atoms with E-state index >= 15 is 0 Å². The lowest BCUT2D eigenvalue weighted by Gasteiger charge is -2.19. The normalized spacial score (nSPS) is 16.4. The minimum atomic E-state index is -3.61. The zero-order valence-electron chi connectivity index (χ0n) is 17.1. The van der Waals surface area contributed by atoms with Crippen LogP contribution in [0.4, 0.5) is 11.6 Å². The van der Waals surface area contributed by atoms with Gasteiger partial charge < -0.3 is 10.3 Å². The monoisotopic (exact) mass is 487 g/mol. The van der Waals surface area contributed by atoms with Crippen LogP contribution in [0.2, 0.25) is 0 Å². The van der Waals surface area contributed by atoms with Crippen molar-refractivity contribution in [2.24, 2.45) is 4.99 Å². The molecule has 1 unspecified atom stereocenters. The zero-order chi connectivity index (χ0) is 22.1. The van der Waals surface area contributed by atoms with Gasteiger partial charge in [0.2, 0.25) is 5.95 Å². The summed E-state index contributed by atoms with van der Waals surface area (Å²) in [6.07, 6.45) is 2.41. The summed E-state index contributed by atoms with van der Waals surface area (Å²) in [5.74, 6) is 0.666. The van der Waals surface area contributed by atoms with Crippen LogP contribution in [0.5, 0.6) is 0 Å². The molecule has 166 valence electrons. The maximum absolute atomic E-state index is 13.0. The summed E-state index contributed by atoms with van der Waals surface area (Å²) in [6.45, 7) is 1.52. The van der Waals surface area contributed by atoms with Crippen molar-refractivity contribution < 1.29 is 8.42 Å². The molecule has 4 heterocycles. The molecule has 0 saturated heterocycles. The minimum absolute atomic E-state index is 0.321. The van der Waals surface area contributed by atoms with Crippen molar-refractivity contribution in [2.75, 3.05) is 29.8 Å². The van der Waals surface area contributed by atoms with E-state index in [9.17, 15) is 8.42 Å². The van der Waals surface area contributed by atoms with Crippen LogP contribution in [0.1, 0.15) is 12.1 Å². The van der Waals surface area contributed by atoms with Crippen LogP contribution in [-0.4, -0.2) is 59.0 Å². The van der Waals surface area contributed by atoms with Gasteiger partial charge in [0, 0.05) is 24.2 Å². The molecule has 0 spiro atoms. The fraction of sp³-hybridized carbons (Fsp3) is 0.250. The summed E-state index contributed by atoms with van der Waals surface area (Å²) in [5, 5.41) is 13.8. The number of thioether (sulfide) groups is 1. The van der Waals surface area contributed by atoms with Crippen molar-refractivity contribution in [3.8, 4) is 0 Å². The van der Waals surface area contributed by atoms with Gasteiger partial charge in [-0.3, -0.25) is 9.30 Å². The van der Waals surface area contributed by atoms with Gasteiger partial charge in [0.15, 0.2) is 0 Å². The number of fused-ring (bicyclic) bond motifs is 1. The molecule has 1 aromatic carbocycles. The molecular formula is C20H21N7O2S3. The summed E-state index contributed by atoms with van der Waals surface area (Å²) in [6, 6.07) is 11.1. The highest BCUT2D eigenvalue weighted by atomic mass is 32.2. The number of para-hydroxylation sites is 1. The largest absolute Gasteiger partial charge is 0.355 e. The molecule has 0 fully saturated rings. The highest BCUT2D eigenvalue weighted by Gasteiger charge is 2.26. The first-order chi connectivity index (χ1) is 15.5. The van der Waals surface area contributed by atoms with Gasteiger partial charge in [-0.25, -0.2) is 18.5 Å². The fourth-order valence-corrected chi connectivity index (χ4v) is 7.01. The second kappa shape index (κ2) is 8.60. The van der Waals surface area contributed by atoms with E-state index in [0.717, 1.165) is 41.2 Å². The third kappa shape index (κ3) is 4.00. The Bertz CT molecular complexity index is 1350. The van der Waals surface area contributed by atoms with E-state index in [1.54, 1.807) is 36.3 Å². The van der Waals surface area contributed by atoms with E-state index in [0.29, 0.717) is 21.1 Å². The Morgan fingerprint density at radius 1 is 1.28 bits per heavy atom. The number of aromatic amines is 2. The summed E-state index contributed by atoms with van der Waals surface area (Å²) in [4.78, 5) is 12.2. The number of rotatable bonds is 8. The second-order valence-corrected chi connectivity index (χ2v) is 11.7. The molecule has 1 aliphatic heterocycles. The molecule has 12 heteroatoms. The predicted molar refractivity (Wildman–Crippen MR) is 130 cm³/mol. The van der Waals surface area contributed by atoms with E-state index < -0.39 is 10.0 Å². The van der Waals surface area contributed by atoms with Crippen molar-refractivity contribution in [1.82, 2.24) is 20.2 Å². The zero-order valence-corrected chi connectivity index (χ0v) is 19.6. The van der Waals surface area contributed by atoms with Crippen molar-refractivity contribution in [2.45, 2.75) is 15.9 Å². The van der Waals surface area contributed by atoms with E-state index in [-0.39, 0.29) is 0 Å². The first-order valence-corrected chi connectivity index (χ1v) is 13.2. The fourth-order valence-electron chi connectivity index (χ4n) is 3.55. The van der Waals surface area contributed by atoms with Crippen molar-refractivity contribution >= 4 is 60.7 Å². The third-order valence-electron chi connectivity index (χ3n) is 5.20.